The average molecular weight is 376 g/mol. The van der Waals surface area contributed by atoms with Gasteiger partial charge >= 0.3 is 0 Å². The van der Waals surface area contributed by atoms with Gasteiger partial charge in [0.1, 0.15) is 24.9 Å². The Hall–Kier alpha value is -2.13. The Kier molecular flexibility index (Phi) is 3.51. The normalized spacial score (nSPS) is 22.9. The van der Waals surface area contributed by atoms with Crippen molar-refractivity contribution in [3.63, 3.8) is 0 Å². The summed E-state index contributed by atoms with van der Waals surface area (Å²) in [5, 5.41) is 8.57. The van der Waals surface area contributed by atoms with Gasteiger partial charge in [0.25, 0.3) is 0 Å². The van der Waals surface area contributed by atoms with Crippen LogP contribution in [0.5, 0.6) is 11.5 Å². The molecule has 0 radical (unpaired) electrons. The molecule has 1 aromatic heterocycles. The van der Waals surface area contributed by atoms with Gasteiger partial charge in [-0.2, -0.15) is 4.31 Å². The molecular formula is C17H20N4O4S. The lowest BCUT2D eigenvalue weighted by Gasteiger charge is -2.32. The van der Waals surface area contributed by atoms with Gasteiger partial charge in [0.05, 0.1) is 11.4 Å². The van der Waals surface area contributed by atoms with Crippen molar-refractivity contribution < 1.29 is 17.9 Å². The third-order valence-corrected chi connectivity index (χ3v) is 6.92. The first-order chi connectivity index (χ1) is 12.5. The Morgan fingerprint density at radius 2 is 1.88 bits per heavy atom. The van der Waals surface area contributed by atoms with Crippen LogP contribution in [-0.4, -0.2) is 47.2 Å². The summed E-state index contributed by atoms with van der Waals surface area (Å²) < 4.78 is 40.9. The van der Waals surface area contributed by atoms with Gasteiger partial charge in [-0.25, -0.2) is 8.42 Å². The summed E-state index contributed by atoms with van der Waals surface area (Å²) in [5.74, 6) is 3.26. The molecule has 1 saturated carbocycles. The monoisotopic (exact) mass is 376 g/mol. The van der Waals surface area contributed by atoms with Gasteiger partial charge in [-0.1, -0.05) is 0 Å². The molecule has 3 heterocycles. The van der Waals surface area contributed by atoms with Gasteiger partial charge < -0.3 is 14.0 Å². The van der Waals surface area contributed by atoms with Crippen molar-refractivity contribution in [1.29, 1.82) is 0 Å². The average Bonchev–Trinajstić information content (AvgIpc) is 3.40. The van der Waals surface area contributed by atoms with Crippen LogP contribution in [0.4, 0.5) is 0 Å². The lowest BCUT2D eigenvalue weighted by Crippen LogP contribution is -2.40. The van der Waals surface area contributed by atoms with Gasteiger partial charge in [0.2, 0.25) is 10.0 Å². The summed E-state index contributed by atoms with van der Waals surface area (Å²) in [6.07, 6.45) is 2.29. The maximum Gasteiger partial charge on any atom is 0.243 e. The van der Waals surface area contributed by atoms with Crippen molar-refractivity contribution in [2.75, 3.05) is 19.8 Å². The molecule has 26 heavy (non-hydrogen) atoms. The number of ether oxygens (including phenoxy) is 2. The smallest absolute Gasteiger partial charge is 0.243 e. The number of aromatic nitrogens is 3. The Morgan fingerprint density at radius 1 is 1.12 bits per heavy atom. The molecule has 138 valence electrons. The van der Waals surface area contributed by atoms with Crippen LogP contribution in [-0.2, 0) is 16.6 Å². The number of nitrogens with zero attached hydrogens (tertiary/aromatic N) is 4. The molecule has 8 nitrogen and oxygen atoms in total. The minimum Gasteiger partial charge on any atom is -0.486 e. The Labute approximate surface area is 151 Å². The zero-order valence-corrected chi connectivity index (χ0v) is 15.3. The molecule has 5 rings (SSSR count). The van der Waals surface area contributed by atoms with Crippen molar-refractivity contribution in [1.82, 2.24) is 19.1 Å². The van der Waals surface area contributed by atoms with Crippen LogP contribution in [0.3, 0.4) is 0 Å². The van der Waals surface area contributed by atoms with Crippen LogP contribution in [0, 0.1) is 0 Å². The van der Waals surface area contributed by atoms with E-state index in [4.69, 9.17) is 9.47 Å². The number of fused-ring (bicyclic) bond motifs is 2. The van der Waals surface area contributed by atoms with Gasteiger partial charge in [-0.05, 0) is 31.9 Å². The highest BCUT2D eigenvalue weighted by molar-refractivity contribution is 7.89. The highest BCUT2D eigenvalue weighted by Gasteiger charge is 2.38. The molecular weight excluding hydrogens is 356 g/mol. The minimum absolute atomic E-state index is 0.0105. The molecule has 2 aliphatic heterocycles. The summed E-state index contributed by atoms with van der Waals surface area (Å²) in [4.78, 5) is 0.212. The molecule has 9 heteroatoms. The maximum absolute atomic E-state index is 13.2. The lowest BCUT2D eigenvalue weighted by molar-refractivity contribution is 0.171. The molecule has 1 aromatic carbocycles. The SMILES string of the molecule is C[C@H]1CN(S(=O)(=O)c2ccc3c(c2)OCCO3)Cc2nnc(C3CC3)n21. The third-order valence-electron chi connectivity index (χ3n) is 5.11. The Balaban J connectivity index is 1.47. The van der Waals surface area contributed by atoms with Crippen molar-refractivity contribution in [2.45, 2.75) is 43.2 Å². The van der Waals surface area contributed by atoms with E-state index in [0.29, 0.717) is 43.0 Å². The first-order valence-corrected chi connectivity index (χ1v) is 10.3. The first kappa shape index (κ1) is 16.1. The standard InChI is InChI=1S/C17H20N4O4S/c1-11-9-20(10-16-18-19-17(21(11)16)12-2-3-12)26(22,23)13-4-5-14-15(8-13)25-7-6-24-14/h4-5,8,11-12H,2-3,6-7,9-10H2,1H3/t11-/m0/s1. The van der Waals surface area contributed by atoms with E-state index in [0.717, 1.165) is 18.7 Å². The fraction of sp³-hybridized carbons (Fsp3) is 0.529. The van der Waals surface area contributed by atoms with E-state index in [1.807, 2.05) is 6.92 Å². The fourth-order valence-corrected chi connectivity index (χ4v) is 5.15. The van der Waals surface area contributed by atoms with E-state index in [2.05, 4.69) is 14.8 Å². The second kappa shape index (κ2) is 5.68. The molecule has 0 saturated heterocycles. The maximum atomic E-state index is 13.2. The van der Waals surface area contributed by atoms with E-state index in [9.17, 15) is 8.42 Å². The number of benzene rings is 1. The molecule has 1 aliphatic carbocycles. The van der Waals surface area contributed by atoms with Crippen LogP contribution in [0.15, 0.2) is 23.1 Å². The fourth-order valence-electron chi connectivity index (χ4n) is 3.66. The summed E-state index contributed by atoms with van der Waals surface area (Å²) in [7, 11) is -3.65. The predicted molar refractivity (Wildman–Crippen MR) is 91.7 cm³/mol. The number of sulfonamides is 1. The van der Waals surface area contributed by atoms with Crippen molar-refractivity contribution in [3.8, 4) is 11.5 Å². The van der Waals surface area contributed by atoms with Gasteiger partial charge in [0.15, 0.2) is 11.5 Å². The highest BCUT2D eigenvalue weighted by atomic mass is 32.2. The summed E-state index contributed by atoms with van der Waals surface area (Å²) in [6.45, 7) is 3.55. The molecule has 1 fully saturated rings. The quantitative estimate of drug-likeness (QED) is 0.810. The zero-order chi connectivity index (χ0) is 17.9. The first-order valence-electron chi connectivity index (χ1n) is 8.87. The number of rotatable bonds is 3. The van der Waals surface area contributed by atoms with E-state index >= 15 is 0 Å². The molecule has 3 aliphatic rings. The van der Waals surface area contributed by atoms with Crippen molar-refractivity contribution in [3.05, 3.63) is 29.8 Å². The molecule has 1 atom stereocenters. The van der Waals surface area contributed by atoms with Gasteiger partial charge in [0, 0.05) is 24.6 Å². The number of hydrogen-bond donors (Lipinski definition) is 0. The highest BCUT2D eigenvalue weighted by Crippen LogP contribution is 2.41. The summed E-state index contributed by atoms with van der Waals surface area (Å²) in [6, 6.07) is 4.78. The largest absolute Gasteiger partial charge is 0.486 e. The lowest BCUT2D eigenvalue weighted by atomic mass is 10.2. The minimum atomic E-state index is -3.65. The third kappa shape index (κ3) is 2.49. The van der Waals surface area contributed by atoms with E-state index in [-0.39, 0.29) is 17.5 Å². The molecule has 0 N–H and O–H groups in total. The Morgan fingerprint density at radius 3 is 2.65 bits per heavy atom. The van der Waals surface area contributed by atoms with Crippen LogP contribution in [0.25, 0.3) is 0 Å². The molecule has 2 aromatic rings. The summed E-state index contributed by atoms with van der Waals surface area (Å²) in [5.41, 5.74) is 0. The van der Waals surface area contributed by atoms with Crippen molar-refractivity contribution in [2.24, 2.45) is 0 Å². The van der Waals surface area contributed by atoms with Crippen molar-refractivity contribution >= 4 is 10.0 Å². The van der Waals surface area contributed by atoms with Crippen LogP contribution in [0.2, 0.25) is 0 Å². The summed E-state index contributed by atoms with van der Waals surface area (Å²) >= 11 is 0. The molecule has 0 spiro atoms. The van der Waals surface area contributed by atoms with Gasteiger partial charge in [-0.3, -0.25) is 0 Å². The second-order valence-corrected chi connectivity index (χ2v) is 9.01. The van der Waals surface area contributed by atoms with Crippen LogP contribution >= 0.6 is 0 Å². The van der Waals surface area contributed by atoms with Gasteiger partial charge in [-0.15, -0.1) is 10.2 Å². The van der Waals surface area contributed by atoms with E-state index in [1.165, 1.54) is 4.31 Å². The molecule has 0 bridgehead atoms. The van der Waals surface area contributed by atoms with E-state index in [1.54, 1.807) is 18.2 Å². The topological polar surface area (TPSA) is 86.6 Å². The second-order valence-electron chi connectivity index (χ2n) is 7.07. The predicted octanol–water partition coefficient (Wildman–Crippen LogP) is 1.69. The van der Waals surface area contributed by atoms with Crippen LogP contribution in [0.1, 0.15) is 43.4 Å². The number of hydrogen-bond acceptors (Lipinski definition) is 6. The Bertz CT molecular complexity index is 967. The molecule has 0 unspecified atom stereocenters. The molecule has 0 amide bonds. The van der Waals surface area contributed by atoms with E-state index < -0.39 is 10.0 Å². The zero-order valence-electron chi connectivity index (χ0n) is 14.5. The van der Waals surface area contributed by atoms with Crippen LogP contribution < -0.4 is 9.47 Å².